The van der Waals surface area contributed by atoms with Gasteiger partial charge in [0, 0.05) is 0 Å². The van der Waals surface area contributed by atoms with Crippen molar-refractivity contribution in [3.05, 3.63) is 0 Å². The van der Waals surface area contributed by atoms with Crippen LogP contribution in [0.3, 0.4) is 0 Å². The van der Waals surface area contributed by atoms with Gasteiger partial charge >= 0.3 is 12.0 Å². The summed E-state index contributed by atoms with van der Waals surface area (Å²) in [5, 5.41) is 14.1. The van der Waals surface area contributed by atoms with E-state index in [1.165, 1.54) is 0 Å². The molecule has 2 amide bonds. The van der Waals surface area contributed by atoms with Crippen LogP contribution in [0.15, 0.2) is 0 Å². The molecule has 0 aromatic heterocycles. The fourth-order valence-corrected chi connectivity index (χ4v) is 1.82. The molecule has 94 valence electrons. The first-order chi connectivity index (χ1) is 8.04. The Morgan fingerprint density at radius 3 is 2.53 bits per heavy atom. The number of hydrogen-bond donors (Lipinski definition) is 3. The van der Waals surface area contributed by atoms with E-state index in [4.69, 9.17) is 11.5 Å². The molecule has 0 aromatic carbocycles. The van der Waals surface area contributed by atoms with Gasteiger partial charge in [0.2, 0.25) is 0 Å². The molecule has 5 nitrogen and oxygen atoms in total. The summed E-state index contributed by atoms with van der Waals surface area (Å²) in [6, 6.07) is -0.838. The average Bonchev–Trinajstić information content (AvgIpc) is 2.22. The molecule has 1 atom stereocenters. The van der Waals surface area contributed by atoms with Crippen molar-refractivity contribution in [1.29, 1.82) is 0 Å². The lowest BCUT2D eigenvalue weighted by Gasteiger charge is -2.38. The Morgan fingerprint density at radius 1 is 1.53 bits per heavy atom. The van der Waals surface area contributed by atoms with Gasteiger partial charge in [0.15, 0.2) is 0 Å². The number of urea groups is 1. The van der Waals surface area contributed by atoms with Crippen LogP contribution in [0, 0.1) is 12.3 Å². The largest absolute Gasteiger partial charge is 0.480 e. The molecule has 1 aliphatic carbocycles. The average molecular weight is 238 g/mol. The van der Waals surface area contributed by atoms with Crippen LogP contribution in [0.25, 0.3) is 0 Å². The Hall–Kier alpha value is -1.70. The minimum Gasteiger partial charge on any atom is -0.480 e. The molecule has 0 radical (unpaired) electrons. The molecule has 0 spiro atoms. The maximum Gasteiger partial charge on any atom is 0.329 e. The van der Waals surface area contributed by atoms with Crippen molar-refractivity contribution in [3.8, 4) is 12.3 Å². The number of carbonyl (C=O) groups excluding carboxylic acids is 1. The lowest BCUT2D eigenvalue weighted by Crippen LogP contribution is -2.61. The van der Waals surface area contributed by atoms with Gasteiger partial charge in [0.25, 0.3) is 0 Å². The minimum atomic E-state index is -1.09. The van der Waals surface area contributed by atoms with Gasteiger partial charge in [-0.1, -0.05) is 19.3 Å². The number of nitrogens with one attached hydrogen (secondary N) is 2. The van der Waals surface area contributed by atoms with E-state index < -0.39 is 17.5 Å². The van der Waals surface area contributed by atoms with Gasteiger partial charge in [0.1, 0.15) is 5.54 Å². The first kappa shape index (κ1) is 13.4. The number of carbonyl (C=O) groups is 2. The van der Waals surface area contributed by atoms with Crippen LogP contribution in [0.1, 0.15) is 39.0 Å². The Labute approximate surface area is 101 Å². The Balaban J connectivity index is 2.49. The van der Waals surface area contributed by atoms with E-state index in [1.807, 2.05) is 6.92 Å². The second-order valence-corrected chi connectivity index (χ2v) is 4.35. The molecular weight excluding hydrogens is 220 g/mol. The molecule has 1 rings (SSSR count). The van der Waals surface area contributed by atoms with E-state index in [0.717, 1.165) is 12.8 Å². The molecule has 0 aromatic rings. The lowest BCUT2D eigenvalue weighted by atomic mass is 9.77. The van der Waals surface area contributed by atoms with Crippen molar-refractivity contribution in [1.82, 2.24) is 10.6 Å². The summed E-state index contributed by atoms with van der Waals surface area (Å²) in [5.74, 6) is 1.49. The molecule has 5 heteroatoms. The summed E-state index contributed by atoms with van der Waals surface area (Å²) in [6.45, 7) is 1.97. The Kier molecular flexibility index (Phi) is 4.38. The molecule has 0 heterocycles. The van der Waals surface area contributed by atoms with E-state index in [1.54, 1.807) is 0 Å². The zero-order chi connectivity index (χ0) is 12.9. The number of aliphatic carboxylic acids is 1. The van der Waals surface area contributed by atoms with Crippen molar-refractivity contribution < 1.29 is 14.7 Å². The molecule has 17 heavy (non-hydrogen) atoms. The molecular formula is C12H18N2O3. The van der Waals surface area contributed by atoms with E-state index in [-0.39, 0.29) is 6.04 Å². The summed E-state index contributed by atoms with van der Waals surface area (Å²) in [4.78, 5) is 22.7. The zero-order valence-corrected chi connectivity index (χ0v) is 9.95. The Morgan fingerprint density at radius 2 is 2.18 bits per heavy atom. The summed E-state index contributed by atoms with van der Waals surface area (Å²) in [6.07, 6.45) is 8.59. The smallest absolute Gasteiger partial charge is 0.329 e. The van der Waals surface area contributed by atoms with Gasteiger partial charge in [-0.2, -0.15) is 0 Å². The van der Waals surface area contributed by atoms with Crippen molar-refractivity contribution in [2.45, 2.75) is 50.6 Å². The van der Waals surface area contributed by atoms with Crippen LogP contribution in [0.2, 0.25) is 0 Å². The highest BCUT2D eigenvalue weighted by Crippen LogP contribution is 2.31. The van der Waals surface area contributed by atoms with Crippen molar-refractivity contribution in [2.24, 2.45) is 0 Å². The number of hydrogen-bond acceptors (Lipinski definition) is 2. The highest BCUT2D eigenvalue weighted by atomic mass is 16.4. The van der Waals surface area contributed by atoms with Crippen molar-refractivity contribution in [3.63, 3.8) is 0 Å². The normalized spacial score (nSPS) is 18.4. The van der Waals surface area contributed by atoms with Crippen molar-refractivity contribution in [2.75, 3.05) is 0 Å². The van der Waals surface area contributed by atoms with E-state index in [0.29, 0.717) is 19.3 Å². The monoisotopic (exact) mass is 238 g/mol. The van der Waals surface area contributed by atoms with Gasteiger partial charge in [-0.15, -0.1) is 6.42 Å². The molecule has 0 bridgehead atoms. The highest BCUT2D eigenvalue weighted by molar-refractivity contribution is 5.87. The topological polar surface area (TPSA) is 78.4 Å². The third-order valence-electron chi connectivity index (χ3n) is 3.05. The van der Waals surface area contributed by atoms with Crippen LogP contribution >= 0.6 is 0 Å². The van der Waals surface area contributed by atoms with Crippen LogP contribution < -0.4 is 10.6 Å². The number of terminal acetylenes is 1. The van der Waals surface area contributed by atoms with Crippen LogP contribution in [-0.2, 0) is 4.79 Å². The molecule has 0 saturated heterocycles. The zero-order valence-electron chi connectivity index (χ0n) is 9.95. The lowest BCUT2D eigenvalue weighted by molar-refractivity contribution is -0.148. The second kappa shape index (κ2) is 5.58. The van der Waals surface area contributed by atoms with Crippen LogP contribution in [0.4, 0.5) is 4.79 Å². The first-order valence-electron chi connectivity index (χ1n) is 5.82. The van der Waals surface area contributed by atoms with Crippen LogP contribution in [0.5, 0.6) is 0 Å². The summed E-state index contributed by atoms with van der Waals surface area (Å²) < 4.78 is 0. The SMILES string of the molecule is C#CC(CCC)NC(=O)NC1(C(=O)O)CCC1. The van der Waals surface area contributed by atoms with Gasteiger partial charge < -0.3 is 15.7 Å². The maximum absolute atomic E-state index is 11.6. The van der Waals surface area contributed by atoms with Gasteiger partial charge in [-0.25, -0.2) is 9.59 Å². The van der Waals surface area contributed by atoms with Gasteiger partial charge in [-0.05, 0) is 25.7 Å². The molecule has 1 unspecified atom stereocenters. The maximum atomic E-state index is 11.6. The molecule has 1 saturated carbocycles. The second-order valence-electron chi connectivity index (χ2n) is 4.35. The van der Waals surface area contributed by atoms with Gasteiger partial charge in [-0.3, -0.25) is 0 Å². The number of amides is 2. The van der Waals surface area contributed by atoms with E-state index in [2.05, 4.69) is 16.6 Å². The third kappa shape index (κ3) is 3.13. The Bertz CT molecular complexity index is 342. The predicted octanol–water partition coefficient (Wildman–Crippen LogP) is 1.09. The molecule has 1 fully saturated rings. The van der Waals surface area contributed by atoms with E-state index in [9.17, 15) is 9.59 Å². The summed E-state index contributed by atoms with van der Waals surface area (Å²) in [5.41, 5.74) is -1.09. The quantitative estimate of drug-likeness (QED) is 0.627. The number of carboxylic acids is 1. The summed E-state index contributed by atoms with van der Waals surface area (Å²) >= 11 is 0. The first-order valence-corrected chi connectivity index (χ1v) is 5.82. The highest BCUT2D eigenvalue weighted by Gasteiger charge is 2.45. The number of carboxylic acid groups (broad SMARTS) is 1. The van der Waals surface area contributed by atoms with Gasteiger partial charge in [0.05, 0.1) is 6.04 Å². The number of rotatable bonds is 5. The van der Waals surface area contributed by atoms with Crippen molar-refractivity contribution >= 4 is 12.0 Å². The minimum absolute atomic E-state index is 0.342. The predicted molar refractivity (Wildman–Crippen MR) is 63.4 cm³/mol. The fraction of sp³-hybridized carbons (Fsp3) is 0.667. The third-order valence-corrected chi connectivity index (χ3v) is 3.05. The summed E-state index contributed by atoms with van der Waals surface area (Å²) in [7, 11) is 0. The fourth-order valence-electron chi connectivity index (χ4n) is 1.82. The van der Waals surface area contributed by atoms with E-state index >= 15 is 0 Å². The molecule has 1 aliphatic rings. The molecule has 0 aliphatic heterocycles. The van der Waals surface area contributed by atoms with Crippen LogP contribution in [-0.4, -0.2) is 28.7 Å². The molecule has 3 N–H and O–H groups in total. The standard InChI is InChI=1S/C12H18N2O3/c1-3-6-9(4-2)13-11(17)14-12(10(15)16)7-5-8-12/h2,9H,3,5-8H2,1H3,(H,15,16)(H2,13,14,17).